The van der Waals surface area contributed by atoms with Crippen LogP contribution in [0.5, 0.6) is 0 Å². The number of nitro benzene ring substituents is 1. The van der Waals surface area contributed by atoms with Crippen LogP contribution in [0.3, 0.4) is 0 Å². The summed E-state index contributed by atoms with van der Waals surface area (Å²) < 4.78 is 4.64. The summed E-state index contributed by atoms with van der Waals surface area (Å²) in [6.45, 7) is 0.335. The van der Waals surface area contributed by atoms with Gasteiger partial charge in [0.1, 0.15) is 0 Å². The summed E-state index contributed by atoms with van der Waals surface area (Å²) in [7, 11) is 2.94. The zero-order chi connectivity index (χ0) is 19.1. The second-order valence-corrected chi connectivity index (χ2v) is 5.53. The number of carbonyl (C=O) groups is 2. The molecule has 0 aliphatic rings. The molecular formula is C19H18N2O5. The van der Waals surface area contributed by atoms with E-state index in [1.54, 1.807) is 49.5 Å². The van der Waals surface area contributed by atoms with Gasteiger partial charge in [-0.3, -0.25) is 14.9 Å². The van der Waals surface area contributed by atoms with Gasteiger partial charge >= 0.3 is 5.97 Å². The highest BCUT2D eigenvalue weighted by molar-refractivity contribution is 5.92. The third kappa shape index (κ3) is 4.76. The first-order valence-corrected chi connectivity index (χ1v) is 7.76. The minimum absolute atomic E-state index is 0.0578. The topological polar surface area (TPSA) is 89.8 Å². The lowest BCUT2D eigenvalue weighted by Crippen LogP contribution is -2.24. The van der Waals surface area contributed by atoms with E-state index in [0.717, 1.165) is 5.56 Å². The lowest BCUT2D eigenvalue weighted by molar-refractivity contribution is -0.385. The molecule has 2 aromatic rings. The van der Waals surface area contributed by atoms with Crippen molar-refractivity contribution in [3.63, 3.8) is 0 Å². The second-order valence-electron chi connectivity index (χ2n) is 5.53. The number of hydrogen-bond acceptors (Lipinski definition) is 5. The molecule has 0 saturated carbocycles. The molecule has 0 bridgehead atoms. The zero-order valence-electron chi connectivity index (χ0n) is 14.4. The normalized spacial score (nSPS) is 10.5. The van der Waals surface area contributed by atoms with E-state index in [-0.39, 0.29) is 11.6 Å². The van der Waals surface area contributed by atoms with Crippen LogP contribution in [0.1, 0.15) is 21.5 Å². The number of esters is 1. The molecule has 0 fully saturated rings. The van der Waals surface area contributed by atoms with Crippen LogP contribution in [0.4, 0.5) is 5.69 Å². The van der Waals surface area contributed by atoms with E-state index in [9.17, 15) is 19.7 Å². The number of nitrogens with zero attached hydrogens (tertiary/aromatic N) is 2. The van der Waals surface area contributed by atoms with Gasteiger partial charge in [-0.25, -0.2) is 4.79 Å². The molecule has 0 saturated heterocycles. The lowest BCUT2D eigenvalue weighted by atomic mass is 10.1. The molecule has 26 heavy (non-hydrogen) atoms. The van der Waals surface area contributed by atoms with Gasteiger partial charge < -0.3 is 9.64 Å². The van der Waals surface area contributed by atoms with Crippen LogP contribution in [0.25, 0.3) is 6.08 Å². The molecule has 7 heteroatoms. The standard InChI is InChI=1S/C19H18N2O5/c1-20(13-14-7-9-16(10-8-14)19(23)26-2)18(22)12-11-15-5-3-4-6-17(15)21(24)25/h3-12H,13H2,1-2H3/b12-11+. The van der Waals surface area contributed by atoms with Gasteiger partial charge in [-0.15, -0.1) is 0 Å². The first kappa shape index (κ1) is 18.9. The van der Waals surface area contributed by atoms with Crippen molar-refractivity contribution in [3.05, 3.63) is 81.4 Å². The van der Waals surface area contributed by atoms with Crippen molar-refractivity contribution in [3.8, 4) is 0 Å². The maximum absolute atomic E-state index is 12.2. The average molecular weight is 354 g/mol. The van der Waals surface area contributed by atoms with Crippen LogP contribution in [0, 0.1) is 10.1 Å². The Hall–Kier alpha value is -3.48. The summed E-state index contributed by atoms with van der Waals surface area (Å²) in [6.07, 6.45) is 2.72. The molecule has 0 radical (unpaired) electrons. The number of methoxy groups -OCH3 is 1. The van der Waals surface area contributed by atoms with E-state index in [4.69, 9.17) is 0 Å². The zero-order valence-corrected chi connectivity index (χ0v) is 14.4. The second kappa shape index (κ2) is 8.57. The van der Waals surface area contributed by atoms with Crippen molar-refractivity contribution in [2.24, 2.45) is 0 Å². The van der Waals surface area contributed by atoms with E-state index < -0.39 is 10.9 Å². The van der Waals surface area contributed by atoms with Gasteiger partial charge in [-0.1, -0.05) is 24.3 Å². The van der Waals surface area contributed by atoms with Crippen molar-refractivity contribution >= 4 is 23.6 Å². The molecule has 134 valence electrons. The Kier molecular flexibility index (Phi) is 6.21. The molecule has 7 nitrogen and oxygen atoms in total. The molecular weight excluding hydrogens is 336 g/mol. The monoisotopic (exact) mass is 354 g/mol. The number of ether oxygens (including phenoxy) is 1. The molecule has 0 spiro atoms. The summed E-state index contributed by atoms with van der Waals surface area (Å²) in [5.74, 6) is -0.714. The number of para-hydroxylation sites is 1. The lowest BCUT2D eigenvalue weighted by Gasteiger charge is -2.15. The van der Waals surface area contributed by atoms with Gasteiger partial charge in [-0.2, -0.15) is 0 Å². The summed E-state index contributed by atoms with van der Waals surface area (Å²) in [5.41, 5.74) is 1.58. The fourth-order valence-electron chi connectivity index (χ4n) is 2.30. The van der Waals surface area contributed by atoms with Crippen LogP contribution in [-0.2, 0) is 16.1 Å². The molecule has 0 aliphatic heterocycles. The van der Waals surface area contributed by atoms with Crippen molar-refractivity contribution in [1.29, 1.82) is 0 Å². The maximum Gasteiger partial charge on any atom is 0.337 e. The molecule has 2 rings (SSSR count). The fraction of sp³-hybridized carbons (Fsp3) is 0.158. The van der Waals surface area contributed by atoms with Crippen molar-refractivity contribution in [2.75, 3.05) is 14.2 Å². The third-order valence-corrected chi connectivity index (χ3v) is 3.71. The highest BCUT2D eigenvalue weighted by atomic mass is 16.6. The third-order valence-electron chi connectivity index (χ3n) is 3.71. The van der Waals surface area contributed by atoms with E-state index in [0.29, 0.717) is 17.7 Å². The molecule has 2 aromatic carbocycles. The molecule has 0 unspecified atom stereocenters. The summed E-state index contributed by atoms with van der Waals surface area (Å²) >= 11 is 0. The van der Waals surface area contributed by atoms with Crippen LogP contribution < -0.4 is 0 Å². The minimum Gasteiger partial charge on any atom is -0.465 e. The molecule has 0 aliphatic carbocycles. The molecule has 1 amide bonds. The number of likely N-dealkylation sites (N-methyl/N-ethyl adjacent to an activating group) is 1. The first-order valence-electron chi connectivity index (χ1n) is 7.76. The predicted octanol–water partition coefficient (Wildman–Crippen LogP) is 3.05. The average Bonchev–Trinajstić information content (AvgIpc) is 2.66. The van der Waals surface area contributed by atoms with Crippen molar-refractivity contribution in [2.45, 2.75) is 6.54 Å². The smallest absolute Gasteiger partial charge is 0.337 e. The van der Waals surface area contributed by atoms with Gasteiger partial charge in [0.25, 0.3) is 5.69 Å². The van der Waals surface area contributed by atoms with Gasteiger partial charge in [0, 0.05) is 25.7 Å². The van der Waals surface area contributed by atoms with E-state index in [1.165, 1.54) is 30.2 Å². The van der Waals surface area contributed by atoms with Gasteiger partial charge in [0.2, 0.25) is 5.91 Å². The number of carbonyl (C=O) groups excluding carboxylic acids is 2. The summed E-state index contributed by atoms with van der Waals surface area (Å²) in [5, 5.41) is 11.0. The van der Waals surface area contributed by atoms with Gasteiger partial charge in [0.15, 0.2) is 0 Å². The maximum atomic E-state index is 12.2. The Balaban J connectivity index is 2.04. The SMILES string of the molecule is COC(=O)c1ccc(CN(C)C(=O)/C=C/c2ccccc2[N+](=O)[O-])cc1. The Morgan fingerprint density at radius 2 is 1.81 bits per heavy atom. The molecule has 0 heterocycles. The van der Waals surface area contributed by atoms with Crippen molar-refractivity contribution < 1.29 is 19.2 Å². The number of hydrogen-bond donors (Lipinski definition) is 0. The Morgan fingerprint density at radius 3 is 2.42 bits per heavy atom. The number of benzene rings is 2. The molecule has 0 N–H and O–H groups in total. The quantitative estimate of drug-likeness (QED) is 0.344. The van der Waals surface area contributed by atoms with E-state index in [2.05, 4.69) is 4.74 Å². The molecule has 0 atom stereocenters. The number of amides is 1. The number of nitro groups is 1. The Bertz CT molecular complexity index is 843. The fourth-order valence-corrected chi connectivity index (χ4v) is 2.30. The number of rotatable bonds is 6. The van der Waals surface area contributed by atoms with Gasteiger partial charge in [0.05, 0.1) is 23.2 Å². The Labute approximate surface area is 150 Å². The highest BCUT2D eigenvalue weighted by Crippen LogP contribution is 2.19. The van der Waals surface area contributed by atoms with E-state index >= 15 is 0 Å². The first-order chi connectivity index (χ1) is 12.4. The van der Waals surface area contributed by atoms with Crippen LogP contribution in [-0.4, -0.2) is 35.9 Å². The van der Waals surface area contributed by atoms with Crippen molar-refractivity contribution in [1.82, 2.24) is 4.90 Å². The van der Waals surface area contributed by atoms with Crippen LogP contribution >= 0.6 is 0 Å². The summed E-state index contributed by atoms with van der Waals surface area (Å²) in [4.78, 5) is 35.6. The minimum atomic E-state index is -0.489. The van der Waals surface area contributed by atoms with Crippen LogP contribution in [0.15, 0.2) is 54.6 Å². The van der Waals surface area contributed by atoms with Crippen LogP contribution in [0.2, 0.25) is 0 Å². The predicted molar refractivity (Wildman–Crippen MR) is 96.4 cm³/mol. The largest absolute Gasteiger partial charge is 0.465 e. The highest BCUT2D eigenvalue weighted by Gasteiger charge is 2.11. The molecule has 0 aromatic heterocycles. The van der Waals surface area contributed by atoms with Gasteiger partial charge in [-0.05, 0) is 29.8 Å². The summed E-state index contributed by atoms with van der Waals surface area (Å²) in [6, 6.07) is 12.9. The Morgan fingerprint density at radius 1 is 1.15 bits per heavy atom. The van der Waals surface area contributed by atoms with E-state index in [1.807, 2.05) is 0 Å².